The summed E-state index contributed by atoms with van der Waals surface area (Å²) < 4.78 is 2.14. The molecule has 0 N–H and O–H groups in total. The van der Waals surface area contributed by atoms with Gasteiger partial charge in [-0.3, -0.25) is 0 Å². The van der Waals surface area contributed by atoms with E-state index in [4.69, 9.17) is 5.26 Å². The number of benzene rings is 1. The van der Waals surface area contributed by atoms with Gasteiger partial charge >= 0.3 is 0 Å². The average Bonchev–Trinajstić information content (AvgIpc) is 2.69. The second kappa shape index (κ2) is 4.02. The predicted molar refractivity (Wildman–Crippen MR) is 61.5 cm³/mol. The Kier molecular flexibility index (Phi) is 2.55. The Morgan fingerprint density at radius 3 is 3.00 bits per heavy atom. The van der Waals surface area contributed by atoms with Crippen LogP contribution in [0, 0.1) is 11.3 Å². The molecule has 0 atom stereocenters. The van der Waals surface area contributed by atoms with Gasteiger partial charge in [-0.25, -0.2) is 0 Å². The van der Waals surface area contributed by atoms with Crippen molar-refractivity contribution in [2.75, 3.05) is 0 Å². The van der Waals surface area contributed by atoms with Crippen molar-refractivity contribution < 1.29 is 0 Å². The van der Waals surface area contributed by atoms with Gasteiger partial charge in [0.15, 0.2) is 0 Å². The maximum atomic E-state index is 8.95. The van der Waals surface area contributed by atoms with Crippen molar-refractivity contribution in [3.8, 4) is 6.07 Å². The van der Waals surface area contributed by atoms with Gasteiger partial charge in [0.25, 0.3) is 0 Å². The molecule has 0 fully saturated rings. The Balaban J connectivity index is 2.57. The number of rotatable bonds is 2. The number of nitrogens with zero attached hydrogens (tertiary/aromatic N) is 2. The molecule has 0 aliphatic heterocycles. The lowest BCUT2D eigenvalue weighted by atomic mass is 10.1. The van der Waals surface area contributed by atoms with Gasteiger partial charge in [0.2, 0.25) is 0 Å². The summed E-state index contributed by atoms with van der Waals surface area (Å²) >= 11 is 0. The third kappa shape index (κ3) is 1.64. The van der Waals surface area contributed by atoms with Crippen LogP contribution in [0.25, 0.3) is 10.9 Å². The second-order valence-corrected chi connectivity index (χ2v) is 3.39. The van der Waals surface area contributed by atoms with Gasteiger partial charge in [0, 0.05) is 23.6 Å². The SMILES string of the molecule is C/C=C/Cn1ccc2c(C#N)cccc21. The van der Waals surface area contributed by atoms with Gasteiger partial charge in [-0.05, 0) is 25.1 Å². The first kappa shape index (κ1) is 9.54. The molecule has 0 saturated carbocycles. The van der Waals surface area contributed by atoms with Gasteiger partial charge in [-0.1, -0.05) is 18.2 Å². The Labute approximate surface area is 89.1 Å². The van der Waals surface area contributed by atoms with Crippen LogP contribution in [0.5, 0.6) is 0 Å². The Morgan fingerprint density at radius 2 is 2.27 bits per heavy atom. The molecule has 1 aromatic heterocycles. The van der Waals surface area contributed by atoms with Crippen molar-refractivity contribution in [3.05, 3.63) is 48.2 Å². The van der Waals surface area contributed by atoms with Gasteiger partial charge in [-0.15, -0.1) is 0 Å². The van der Waals surface area contributed by atoms with Gasteiger partial charge in [0.1, 0.15) is 0 Å². The van der Waals surface area contributed by atoms with E-state index in [1.54, 1.807) is 0 Å². The van der Waals surface area contributed by atoms with E-state index in [1.807, 2.05) is 43.5 Å². The molecule has 0 amide bonds. The fourth-order valence-corrected chi connectivity index (χ4v) is 1.70. The Bertz CT molecular complexity index is 541. The van der Waals surface area contributed by atoms with E-state index < -0.39 is 0 Å². The lowest BCUT2D eigenvalue weighted by Gasteiger charge is -2.01. The van der Waals surface area contributed by atoms with Crippen LogP contribution < -0.4 is 0 Å². The van der Waals surface area contributed by atoms with E-state index in [-0.39, 0.29) is 0 Å². The molecule has 74 valence electrons. The zero-order valence-electron chi connectivity index (χ0n) is 8.64. The summed E-state index contributed by atoms with van der Waals surface area (Å²) in [4.78, 5) is 0. The molecule has 0 bridgehead atoms. The zero-order valence-corrected chi connectivity index (χ0v) is 8.64. The van der Waals surface area contributed by atoms with Crippen LogP contribution in [0.1, 0.15) is 12.5 Å². The van der Waals surface area contributed by atoms with Crippen molar-refractivity contribution in [2.45, 2.75) is 13.5 Å². The molecule has 2 nitrogen and oxygen atoms in total. The quantitative estimate of drug-likeness (QED) is 0.678. The van der Waals surface area contributed by atoms with Crippen LogP contribution in [-0.2, 0) is 6.54 Å². The maximum Gasteiger partial charge on any atom is 0.0998 e. The van der Waals surface area contributed by atoms with E-state index >= 15 is 0 Å². The van der Waals surface area contributed by atoms with E-state index in [2.05, 4.69) is 16.7 Å². The number of allylic oxidation sites excluding steroid dienone is 2. The monoisotopic (exact) mass is 196 g/mol. The Morgan fingerprint density at radius 1 is 1.40 bits per heavy atom. The van der Waals surface area contributed by atoms with E-state index in [9.17, 15) is 0 Å². The molecule has 15 heavy (non-hydrogen) atoms. The zero-order chi connectivity index (χ0) is 10.7. The number of hydrogen-bond acceptors (Lipinski definition) is 1. The van der Waals surface area contributed by atoms with Crippen molar-refractivity contribution in [1.82, 2.24) is 4.57 Å². The molecule has 0 radical (unpaired) electrons. The van der Waals surface area contributed by atoms with Gasteiger partial charge in [0.05, 0.1) is 11.6 Å². The highest BCUT2D eigenvalue weighted by molar-refractivity contribution is 5.86. The predicted octanol–water partition coefficient (Wildman–Crippen LogP) is 3.09. The van der Waals surface area contributed by atoms with Crippen molar-refractivity contribution in [3.63, 3.8) is 0 Å². The van der Waals surface area contributed by atoms with Crippen LogP contribution in [0.4, 0.5) is 0 Å². The molecular weight excluding hydrogens is 184 g/mol. The fraction of sp³-hybridized carbons (Fsp3) is 0.154. The van der Waals surface area contributed by atoms with Gasteiger partial charge in [-0.2, -0.15) is 5.26 Å². The summed E-state index contributed by atoms with van der Waals surface area (Å²) in [7, 11) is 0. The summed E-state index contributed by atoms with van der Waals surface area (Å²) in [5.41, 5.74) is 1.86. The average molecular weight is 196 g/mol. The Hall–Kier alpha value is -2.01. The minimum absolute atomic E-state index is 0.742. The standard InChI is InChI=1S/C13H12N2/c1-2-3-8-15-9-7-12-11(10-14)5-4-6-13(12)15/h2-7,9H,8H2,1H3/b3-2+. The van der Waals surface area contributed by atoms with Crippen molar-refractivity contribution >= 4 is 10.9 Å². The molecular formula is C13H12N2. The lowest BCUT2D eigenvalue weighted by molar-refractivity contribution is 0.862. The first-order valence-electron chi connectivity index (χ1n) is 4.96. The summed E-state index contributed by atoms with van der Waals surface area (Å²) in [5.74, 6) is 0. The lowest BCUT2D eigenvalue weighted by Crippen LogP contribution is -1.92. The molecule has 2 aromatic rings. The van der Waals surface area contributed by atoms with Gasteiger partial charge < -0.3 is 4.57 Å². The number of aromatic nitrogens is 1. The molecule has 1 aromatic carbocycles. The number of hydrogen-bond donors (Lipinski definition) is 0. The highest BCUT2D eigenvalue weighted by Crippen LogP contribution is 2.19. The highest BCUT2D eigenvalue weighted by atomic mass is 14.9. The van der Waals surface area contributed by atoms with Crippen LogP contribution in [0.3, 0.4) is 0 Å². The molecule has 2 rings (SSSR count). The molecule has 1 heterocycles. The normalized spacial score (nSPS) is 10.9. The summed E-state index contributed by atoms with van der Waals surface area (Å²) in [6.45, 7) is 2.86. The molecule has 0 saturated heterocycles. The van der Waals surface area contributed by atoms with E-state index in [0.717, 1.165) is 23.0 Å². The van der Waals surface area contributed by atoms with Crippen molar-refractivity contribution in [1.29, 1.82) is 5.26 Å². The first-order valence-corrected chi connectivity index (χ1v) is 4.96. The van der Waals surface area contributed by atoms with Crippen LogP contribution in [0.15, 0.2) is 42.6 Å². The first-order chi connectivity index (χ1) is 7.36. The topological polar surface area (TPSA) is 28.7 Å². The largest absolute Gasteiger partial charge is 0.344 e. The van der Waals surface area contributed by atoms with E-state index in [1.165, 1.54) is 0 Å². The van der Waals surface area contributed by atoms with Crippen molar-refractivity contribution in [2.24, 2.45) is 0 Å². The number of fused-ring (bicyclic) bond motifs is 1. The highest BCUT2D eigenvalue weighted by Gasteiger charge is 2.03. The third-order valence-electron chi connectivity index (χ3n) is 2.47. The molecule has 0 unspecified atom stereocenters. The minimum atomic E-state index is 0.742. The fourth-order valence-electron chi connectivity index (χ4n) is 1.70. The third-order valence-corrected chi connectivity index (χ3v) is 2.47. The molecule has 2 heteroatoms. The second-order valence-electron chi connectivity index (χ2n) is 3.39. The number of nitriles is 1. The maximum absolute atomic E-state index is 8.95. The molecule has 0 aliphatic rings. The van der Waals surface area contributed by atoms with Crippen LogP contribution >= 0.6 is 0 Å². The van der Waals surface area contributed by atoms with Crippen LogP contribution in [-0.4, -0.2) is 4.57 Å². The molecule has 0 spiro atoms. The summed E-state index contributed by atoms with van der Waals surface area (Å²) in [6.07, 6.45) is 6.14. The summed E-state index contributed by atoms with van der Waals surface area (Å²) in [6, 6.07) is 10.0. The molecule has 0 aliphatic carbocycles. The van der Waals surface area contributed by atoms with E-state index in [0.29, 0.717) is 0 Å². The minimum Gasteiger partial charge on any atom is -0.344 e. The van der Waals surface area contributed by atoms with Crippen LogP contribution in [0.2, 0.25) is 0 Å². The smallest absolute Gasteiger partial charge is 0.0998 e. The summed E-state index contributed by atoms with van der Waals surface area (Å²) in [5, 5.41) is 9.98.